The first-order valence-corrected chi connectivity index (χ1v) is 8.75. The number of nitrogens with zero attached hydrogens (tertiary/aromatic N) is 1. The molecule has 1 aromatic rings. The molecular formula is C15H17ClINO4. The molecule has 1 aliphatic rings. The largest absolute Gasteiger partial charge is 0.480 e. The molecule has 0 aliphatic heterocycles. The number of carboxylic acid groups (broad SMARTS) is 1. The highest BCUT2D eigenvalue weighted by Crippen LogP contribution is 2.40. The van der Waals surface area contributed by atoms with Crippen LogP contribution in [0.25, 0.3) is 0 Å². The second-order valence-corrected chi connectivity index (χ2v) is 7.30. The van der Waals surface area contributed by atoms with E-state index >= 15 is 0 Å². The molecule has 1 aromatic carbocycles. The maximum Gasteiger partial charge on any atom is 0.321 e. The van der Waals surface area contributed by atoms with Gasteiger partial charge in [-0.25, -0.2) is 0 Å². The Bertz CT molecular complexity index is 587. The highest BCUT2D eigenvalue weighted by atomic mass is 127. The van der Waals surface area contributed by atoms with Gasteiger partial charge in [0, 0.05) is 15.2 Å². The zero-order valence-electron chi connectivity index (χ0n) is 11.9. The number of halogens is 2. The van der Waals surface area contributed by atoms with Gasteiger partial charge >= 0.3 is 5.97 Å². The topological polar surface area (TPSA) is 80.4 Å². The van der Waals surface area contributed by atoms with Gasteiger partial charge < -0.3 is 5.11 Å². The lowest BCUT2D eigenvalue weighted by Gasteiger charge is -2.23. The van der Waals surface area contributed by atoms with Crippen LogP contribution in [0.4, 0.5) is 5.69 Å². The Morgan fingerprint density at radius 3 is 2.59 bits per heavy atom. The molecule has 0 aromatic heterocycles. The van der Waals surface area contributed by atoms with Gasteiger partial charge in [-0.1, -0.05) is 19.3 Å². The molecule has 22 heavy (non-hydrogen) atoms. The fraction of sp³-hybridized carbons (Fsp3) is 0.533. The van der Waals surface area contributed by atoms with Crippen LogP contribution >= 0.6 is 34.2 Å². The van der Waals surface area contributed by atoms with Gasteiger partial charge in [0.15, 0.2) is 0 Å². The Morgan fingerprint density at radius 1 is 1.41 bits per heavy atom. The van der Waals surface area contributed by atoms with Crippen molar-refractivity contribution in [2.24, 2.45) is 0 Å². The quantitative estimate of drug-likeness (QED) is 0.319. The Hall–Kier alpha value is -0.890. The van der Waals surface area contributed by atoms with E-state index in [1.165, 1.54) is 12.5 Å². The number of aliphatic carboxylic acids is 1. The monoisotopic (exact) mass is 437 g/mol. The number of rotatable bonds is 5. The molecule has 5 nitrogen and oxygen atoms in total. The summed E-state index contributed by atoms with van der Waals surface area (Å²) >= 11 is 7.87. The number of hydrogen-bond acceptors (Lipinski definition) is 3. The van der Waals surface area contributed by atoms with E-state index in [-0.39, 0.29) is 22.9 Å². The van der Waals surface area contributed by atoms with Crippen LogP contribution in [0.1, 0.15) is 49.1 Å². The Kier molecular flexibility index (Phi) is 6.02. The minimum atomic E-state index is -1.12. The third-order valence-corrected chi connectivity index (χ3v) is 5.29. The van der Waals surface area contributed by atoms with Gasteiger partial charge in [0.2, 0.25) is 0 Å². The Morgan fingerprint density at radius 2 is 2.05 bits per heavy atom. The molecule has 120 valence electrons. The van der Waals surface area contributed by atoms with E-state index in [9.17, 15) is 14.9 Å². The van der Waals surface area contributed by atoms with Gasteiger partial charge in [0.1, 0.15) is 5.38 Å². The molecule has 0 saturated heterocycles. The second kappa shape index (κ2) is 7.59. The van der Waals surface area contributed by atoms with E-state index in [1.807, 2.05) is 6.07 Å². The summed E-state index contributed by atoms with van der Waals surface area (Å²) in [6.45, 7) is 0. The van der Waals surface area contributed by atoms with Crippen LogP contribution in [0, 0.1) is 13.7 Å². The average Bonchev–Trinajstić information content (AvgIpc) is 2.47. The molecule has 0 amide bonds. The molecule has 2 rings (SSSR count). The summed E-state index contributed by atoms with van der Waals surface area (Å²) in [7, 11) is 0. The smallest absolute Gasteiger partial charge is 0.321 e. The van der Waals surface area contributed by atoms with E-state index in [0.29, 0.717) is 5.56 Å². The van der Waals surface area contributed by atoms with Crippen LogP contribution in [0.2, 0.25) is 0 Å². The van der Waals surface area contributed by atoms with Gasteiger partial charge in [0.25, 0.3) is 5.69 Å². The summed E-state index contributed by atoms with van der Waals surface area (Å²) in [5, 5.41) is 19.3. The first-order chi connectivity index (χ1) is 10.4. The van der Waals surface area contributed by atoms with Crippen LogP contribution in [-0.2, 0) is 11.2 Å². The standard InChI is InChI=1S/C15H17ClINO4/c16-11(15(19)20)6-9-7-12(17)14(13(8-9)18(21)22)10-4-2-1-3-5-10/h7-8,10-11H,1-6H2,(H,19,20). The third kappa shape index (κ3) is 4.10. The first-order valence-electron chi connectivity index (χ1n) is 7.23. The average molecular weight is 438 g/mol. The summed E-state index contributed by atoms with van der Waals surface area (Å²) in [5.74, 6) is -0.892. The van der Waals surface area contributed by atoms with Gasteiger partial charge in [-0.2, -0.15) is 0 Å². The number of alkyl halides is 1. The van der Waals surface area contributed by atoms with Crippen molar-refractivity contribution in [3.8, 4) is 0 Å². The van der Waals surface area contributed by atoms with Crippen LogP contribution in [0.15, 0.2) is 12.1 Å². The minimum Gasteiger partial charge on any atom is -0.480 e. The molecule has 1 aliphatic carbocycles. The molecule has 1 fully saturated rings. The van der Waals surface area contributed by atoms with Gasteiger partial charge in [0.05, 0.1) is 4.92 Å². The number of carboxylic acids is 1. The van der Waals surface area contributed by atoms with Gasteiger partial charge in [-0.15, -0.1) is 11.6 Å². The maximum atomic E-state index is 11.4. The molecule has 0 spiro atoms. The second-order valence-electron chi connectivity index (χ2n) is 5.61. The Labute approximate surface area is 147 Å². The van der Waals surface area contributed by atoms with E-state index in [1.54, 1.807) is 0 Å². The molecule has 0 radical (unpaired) electrons. The molecule has 0 heterocycles. The summed E-state index contributed by atoms with van der Waals surface area (Å²) < 4.78 is 0.836. The van der Waals surface area contributed by atoms with Crippen molar-refractivity contribution in [1.29, 1.82) is 0 Å². The van der Waals surface area contributed by atoms with Crippen molar-refractivity contribution in [3.63, 3.8) is 0 Å². The number of hydrogen-bond donors (Lipinski definition) is 1. The van der Waals surface area contributed by atoms with Crippen molar-refractivity contribution in [1.82, 2.24) is 0 Å². The lowest BCUT2D eigenvalue weighted by Crippen LogP contribution is -2.17. The summed E-state index contributed by atoms with van der Waals surface area (Å²) in [6.07, 6.45) is 5.42. The lowest BCUT2D eigenvalue weighted by atomic mass is 9.83. The van der Waals surface area contributed by atoms with Crippen LogP contribution in [0.3, 0.4) is 0 Å². The summed E-state index contributed by atoms with van der Waals surface area (Å²) in [6, 6.07) is 3.32. The first kappa shape index (κ1) is 17.5. The fourth-order valence-electron chi connectivity index (χ4n) is 3.02. The van der Waals surface area contributed by atoms with Gasteiger partial charge in [-0.3, -0.25) is 14.9 Å². The molecule has 1 atom stereocenters. The van der Waals surface area contributed by atoms with Crippen LogP contribution in [-0.4, -0.2) is 21.4 Å². The number of carbonyl (C=O) groups is 1. The SMILES string of the molecule is O=C(O)C(Cl)Cc1cc(I)c(C2CCCCC2)c([N+](=O)[O-])c1. The molecule has 1 unspecified atom stereocenters. The van der Waals surface area contributed by atoms with Crippen molar-refractivity contribution < 1.29 is 14.8 Å². The van der Waals surface area contributed by atoms with Crippen LogP contribution in [0.5, 0.6) is 0 Å². The normalized spacial score (nSPS) is 17.2. The summed E-state index contributed by atoms with van der Waals surface area (Å²) in [5.41, 5.74) is 1.50. The lowest BCUT2D eigenvalue weighted by molar-refractivity contribution is -0.385. The highest BCUT2D eigenvalue weighted by molar-refractivity contribution is 14.1. The molecule has 7 heteroatoms. The van der Waals surface area contributed by atoms with Crippen molar-refractivity contribution in [3.05, 3.63) is 36.9 Å². The fourth-order valence-corrected chi connectivity index (χ4v) is 4.31. The predicted molar refractivity (Wildman–Crippen MR) is 92.6 cm³/mol. The zero-order valence-corrected chi connectivity index (χ0v) is 14.8. The van der Waals surface area contributed by atoms with Crippen molar-refractivity contribution in [2.75, 3.05) is 0 Å². The summed E-state index contributed by atoms with van der Waals surface area (Å²) in [4.78, 5) is 21.9. The molecular weight excluding hydrogens is 421 g/mol. The molecule has 1 saturated carbocycles. The van der Waals surface area contributed by atoms with Crippen molar-refractivity contribution in [2.45, 2.75) is 49.8 Å². The Balaban J connectivity index is 2.38. The number of nitro benzene ring substituents is 1. The maximum absolute atomic E-state index is 11.4. The van der Waals surface area contributed by atoms with E-state index < -0.39 is 11.3 Å². The van der Waals surface area contributed by atoms with Gasteiger partial charge in [-0.05, 0) is 59.4 Å². The van der Waals surface area contributed by atoms with E-state index in [4.69, 9.17) is 16.7 Å². The third-order valence-electron chi connectivity index (χ3n) is 4.06. The predicted octanol–water partition coefficient (Wildman–Crippen LogP) is 4.48. The number of benzene rings is 1. The number of nitro groups is 1. The minimum absolute atomic E-state index is 0.0820. The highest BCUT2D eigenvalue weighted by Gasteiger charge is 2.28. The molecule has 0 bridgehead atoms. The van der Waals surface area contributed by atoms with E-state index in [2.05, 4.69) is 22.6 Å². The van der Waals surface area contributed by atoms with E-state index in [0.717, 1.165) is 34.8 Å². The zero-order chi connectivity index (χ0) is 16.3. The molecule has 1 N–H and O–H groups in total. The van der Waals surface area contributed by atoms with Crippen molar-refractivity contribution >= 4 is 45.8 Å². The van der Waals surface area contributed by atoms with Crippen LogP contribution < -0.4 is 0 Å².